The highest BCUT2D eigenvalue weighted by molar-refractivity contribution is 14.1. The van der Waals surface area contributed by atoms with Gasteiger partial charge in [-0.15, -0.1) is 11.3 Å². The highest BCUT2D eigenvalue weighted by atomic mass is 127. The number of fused-ring (bicyclic) bond motifs is 1. The Balaban J connectivity index is 1.52. The predicted molar refractivity (Wildman–Crippen MR) is 151 cm³/mol. The van der Waals surface area contributed by atoms with Crippen LogP contribution in [0.2, 0.25) is 0 Å². The monoisotopic (exact) mass is 629 g/mol. The minimum absolute atomic E-state index is 0.162. The van der Waals surface area contributed by atoms with E-state index in [0.29, 0.717) is 34.5 Å². The molecule has 4 N–H and O–H groups in total. The Morgan fingerprint density at radius 1 is 1.41 bits per heavy atom. The molecule has 10 nitrogen and oxygen atoms in total. The molecule has 3 aliphatic heterocycles. The largest absolute Gasteiger partial charge is 0.496 e. The van der Waals surface area contributed by atoms with E-state index in [2.05, 4.69) is 30.5 Å². The van der Waals surface area contributed by atoms with Crippen LogP contribution in [0.15, 0.2) is 52.9 Å². The van der Waals surface area contributed by atoms with E-state index in [1.54, 1.807) is 29.9 Å². The van der Waals surface area contributed by atoms with E-state index in [1.807, 2.05) is 51.6 Å². The Bertz CT molecular complexity index is 1410. The fourth-order valence-corrected chi connectivity index (χ4v) is 5.85. The van der Waals surface area contributed by atoms with E-state index in [4.69, 9.17) is 10.5 Å². The van der Waals surface area contributed by atoms with E-state index in [9.17, 15) is 9.59 Å². The van der Waals surface area contributed by atoms with Crippen molar-refractivity contribution in [1.29, 1.82) is 0 Å². The third-order valence-electron chi connectivity index (χ3n) is 6.73. The summed E-state index contributed by atoms with van der Waals surface area (Å²) in [6, 6.07) is 5.18. The van der Waals surface area contributed by atoms with Gasteiger partial charge < -0.3 is 25.6 Å². The smallest absolute Gasteiger partial charge is 0.299 e. The van der Waals surface area contributed by atoms with Gasteiger partial charge in [0.15, 0.2) is 5.13 Å². The third kappa shape index (κ3) is 4.42. The summed E-state index contributed by atoms with van der Waals surface area (Å²) in [6.07, 6.45) is 6.82. The van der Waals surface area contributed by atoms with Crippen LogP contribution in [0, 0.1) is 9.85 Å². The average Bonchev–Trinajstić information content (AvgIpc) is 3.64. The summed E-state index contributed by atoms with van der Waals surface area (Å²) in [5.74, 6) is 2.90. The number of carbonyl (C=O) groups is 2. The van der Waals surface area contributed by atoms with Crippen molar-refractivity contribution in [2.75, 3.05) is 19.0 Å². The number of methoxy groups -OCH3 is 1. The van der Waals surface area contributed by atoms with Gasteiger partial charge in [-0.2, -0.15) is 0 Å². The number of ether oxygens (including phenoxy) is 1. The molecular weight excluding hydrogens is 605 g/mol. The van der Waals surface area contributed by atoms with Crippen molar-refractivity contribution in [2.24, 2.45) is 10.7 Å². The molecule has 2 aromatic rings. The maximum atomic E-state index is 12.9. The fraction of sp³-hybridized carbons (Fsp3) is 0.280. The molecule has 0 bridgehead atoms. The molecule has 4 heterocycles. The highest BCUT2D eigenvalue weighted by Gasteiger charge is 2.52. The second kappa shape index (κ2) is 10.1. The van der Waals surface area contributed by atoms with E-state index in [0.717, 1.165) is 24.1 Å². The summed E-state index contributed by atoms with van der Waals surface area (Å²) in [6.45, 7) is 2.68. The standard InChI is InChI=1S/C25H24IN7O3S/c1-25(18-4-3-11-32(18)19(34)7-8-26)31-20(21-22(27)28-9-12-33(21)25)15-5-6-16(17(14-15)36-2)23(35)30-24-29-10-13-37-24/h5-6,9-10,12-14,18,31H,3-4,11H2,1-2H3,(H2,27,28)(H,29,30,35)/t18-,25?/m0/s1. The summed E-state index contributed by atoms with van der Waals surface area (Å²) in [5, 5.41) is 8.73. The zero-order chi connectivity index (χ0) is 26.2. The van der Waals surface area contributed by atoms with E-state index < -0.39 is 5.66 Å². The number of nitrogens with one attached hydrogen (secondary N) is 2. The fourth-order valence-electron chi connectivity index (χ4n) is 5.09. The summed E-state index contributed by atoms with van der Waals surface area (Å²) in [5.41, 5.74) is 8.26. The minimum Gasteiger partial charge on any atom is -0.496 e. The van der Waals surface area contributed by atoms with Crippen LogP contribution in [-0.4, -0.2) is 57.8 Å². The lowest BCUT2D eigenvalue weighted by atomic mass is 9.98. The van der Waals surface area contributed by atoms with Crippen LogP contribution >= 0.6 is 33.9 Å². The average molecular weight is 629 g/mol. The van der Waals surface area contributed by atoms with Crippen molar-refractivity contribution in [3.05, 3.63) is 59.0 Å². The second-order valence-corrected chi connectivity index (χ2v) is 10.2. The molecule has 1 fully saturated rings. The number of aromatic nitrogens is 1. The lowest BCUT2D eigenvalue weighted by molar-refractivity contribution is -0.128. The first kappa shape index (κ1) is 25.1. The van der Waals surface area contributed by atoms with Crippen LogP contribution in [-0.2, 0) is 4.79 Å². The number of thiazole rings is 1. The number of amidine groups is 1. The zero-order valence-corrected chi connectivity index (χ0v) is 23.1. The van der Waals surface area contributed by atoms with E-state index >= 15 is 0 Å². The van der Waals surface area contributed by atoms with Gasteiger partial charge in [0, 0.05) is 64.6 Å². The van der Waals surface area contributed by atoms with E-state index in [1.165, 1.54) is 18.4 Å². The lowest BCUT2D eigenvalue weighted by Gasteiger charge is -2.44. The second-order valence-electron chi connectivity index (χ2n) is 8.76. The molecule has 5 rings (SSSR count). The number of hydrogen-bond donors (Lipinski definition) is 3. The van der Waals surface area contributed by atoms with Crippen LogP contribution < -0.4 is 21.1 Å². The predicted octanol–water partition coefficient (Wildman–Crippen LogP) is 2.92. The molecule has 2 amide bonds. The molecule has 1 unspecified atom stereocenters. The zero-order valence-electron chi connectivity index (χ0n) is 20.1. The van der Waals surface area contributed by atoms with Crippen LogP contribution in [0.3, 0.4) is 0 Å². The normalized spacial score (nSPS) is 22.1. The molecule has 2 atom stereocenters. The van der Waals surface area contributed by atoms with Gasteiger partial charge in [0.1, 0.15) is 22.9 Å². The van der Waals surface area contributed by atoms with E-state index in [-0.39, 0.29) is 17.9 Å². The number of rotatable bonds is 5. The Morgan fingerprint density at radius 3 is 2.97 bits per heavy atom. The Morgan fingerprint density at radius 2 is 2.24 bits per heavy atom. The Hall–Kier alpha value is -3.57. The first-order valence-corrected chi connectivity index (χ1v) is 13.5. The van der Waals surface area contributed by atoms with Crippen LogP contribution in [0.1, 0.15) is 35.7 Å². The number of amides is 2. The summed E-state index contributed by atoms with van der Waals surface area (Å²) < 4.78 is 8.28. The number of hydrogen-bond acceptors (Lipinski definition) is 9. The van der Waals surface area contributed by atoms with Gasteiger partial charge in [0.2, 0.25) is 0 Å². The maximum Gasteiger partial charge on any atom is 0.299 e. The third-order valence-corrected chi connectivity index (χ3v) is 7.69. The van der Waals surface area contributed by atoms with Gasteiger partial charge >= 0.3 is 0 Å². The molecule has 1 saturated heterocycles. The summed E-state index contributed by atoms with van der Waals surface area (Å²) in [4.78, 5) is 38.0. The first-order valence-electron chi connectivity index (χ1n) is 11.5. The minimum atomic E-state index is -0.699. The SMILES string of the molecule is COc1cc(C2=C3C(N)=NC=CN3C(C)([C@@H]3CCCN3C(=O)C#CI)N2)ccc1C(=O)Nc1nccs1. The number of aliphatic imine (C=N–C) groups is 1. The molecule has 3 aliphatic rings. The Labute approximate surface area is 231 Å². The number of halogens is 1. The number of nitrogens with zero attached hydrogens (tertiary/aromatic N) is 4. The number of anilines is 1. The number of nitrogens with two attached hydrogens (primary N) is 1. The molecule has 0 spiro atoms. The first-order chi connectivity index (χ1) is 17.9. The topological polar surface area (TPSA) is 125 Å². The number of carbonyl (C=O) groups excluding carboxylic acids is 2. The summed E-state index contributed by atoms with van der Waals surface area (Å²) in [7, 11) is 1.52. The molecule has 0 aliphatic carbocycles. The molecule has 0 saturated carbocycles. The molecular formula is C25H24IN7O3S. The van der Waals surface area contributed by atoms with Crippen LogP contribution in [0.25, 0.3) is 5.70 Å². The van der Waals surface area contributed by atoms with Gasteiger partial charge in [-0.25, -0.2) is 9.98 Å². The molecule has 37 heavy (non-hydrogen) atoms. The van der Waals surface area contributed by atoms with Gasteiger partial charge in [-0.05, 0) is 35.8 Å². The van der Waals surface area contributed by atoms with Crippen LogP contribution in [0.5, 0.6) is 5.75 Å². The Kier molecular flexibility index (Phi) is 6.82. The van der Waals surface area contributed by atoms with Crippen molar-refractivity contribution >= 4 is 62.4 Å². The van der Waals surface area contributed by atoms with Gasteiger partial charge in [0.05, 0.1) is 24.4 Å². The summed E-state index contributed by atoms with van der Waals surface area (Å²) >= 11 is 3.22. The van der Waals surface area contributed by atoms with Crippen LogP contribution in [0.4, 0.5) is 5.13 Å². The molecule has 12 heteroatoms. The molecule has 1 aromatic heterocycles. The molecule has 190 valence electrons. The van der Waals surface area contributed by atoms with Crippen molar-refractivity contribution in [3.8, 4) is 15.6 Å². The van der Waals surface area contributed by atoms with Gasteiger partial charge in [-0.1, -0.05) is 6.07 Å². The molecule has 1 aromatic carbocycles. The van der Waals surface area contributed by atoms with Gasteiger partial charge in [-0.3, -0.25) is 14.9 Å². The van der Waals surface area contributed by atoms with Crippen molar-refractivity contribution in [2.45, 2.75) is 31.5 Å². The highest BCUT2D eigenvalue weighted by Crippen LogP contribution is 2.42. The lowest BCUT2D eigenvalue weighted by Crippen LogP contribution is -2.62. The maximum absolute atomic E-state index is 12.9. The quantitative estimate of drug-likeness (QED) is 0.343. The number of benzene rings is 1. The van der Waals surface area contributed by atoms with Crippen molar-refractivity contribution in [3.63, 3.8) is 0 Å². The van der Waals surface area contributed by atoms with Crippen molar-refractivity contribution < 1.29 is 14.3 Å². The van der Waals surface area contributed by atoms with Gasteiger partial charge in [0.25, 0.3) is 11.8 Å². The molecule has 0 radical (unpaired) electrons. The number of likely N-dealkylation sites (tertiary alicyclic amines) is 1. The van der Waals surface area contributed by atoms with Crippen molar-refractivity contribution in [1.82, 2.24) is 20.1 Å².